The first-order chi connectivity index (χ1) is 14.7. The van der Waals surface area contributed by atoms with Gasteiger partial charge in [-0.05, 0) is 50.5 Å². The molecule has 4 amide bonds. The molecule has 2 saturated heterocycles. The number of urea groups is 1. The third-order valence-electron chi connectivity index (χ3n) is 5.71. The van der Waals surface area contributed by atoms with Gasteiger partial charge in [0.1, 0.15) is 5.54 Å². The second-order valence-electron chi connectivity index (χ2n) is 7.99. The van der Waals surface area contributed by atoms with Crippen LogP contribution in [0.3, 0.4) is 0 Å². The number of nitrogens with one attached hydrogen (secondary N) is 3. The first-order valence-corrected chi connectivity index (χ1v) is 11.9. The van der Waals surface area contributed by atoms with Crippen LogP contribution in [0.2, 0.25) is 0 Å². The van der Waals surface area contributed by atoms with Gasteiger partial charge < -0.3 is 10.6 Å². The zero-order chi connectivity index (χ0) is 22.6. The maximum Gasteiger partial charge on any atom is 0.344 e. The van der Waals surface area contributed by atoms with Gasteiger partial charge in [0.05, 0.1) is 11.4 Å². The van der Waals surface area contributed by atoms with Gasteiger partial charge in [0.25, 0.3) is 11.8 Å². The minimum Gasteiger partial charge on any atom is -0.376 e. The predicted molar refractivity (Wildman–Crippen MR) is 114 cm³/mol. The largest absolute Gasteiger partial charge is 0.376 e. The van der Waals surface area contributed by atoms with E-state index < -0.39 is 33.4 Å². The molecule has 3 N–H and O–H groups in total. The van der Waals surface area contributed by atoms with E-state index in [9.17, 15) is 22.8 Å². The van der Waals surface area contributed by atoms with Gasteiger partial charge in [0, 0.05) is 18.8 Å². The average Bonchev–Trinajstić information content (AvgIpc) is 2.96. The van der Waals surface area contributed by atoms with Crippen molar-refractivity contribution < 1.29 is 22.8 Å². The molecular weight excluding hydrogens is 422 g/mol. The summed E-state index contributed by atoms with van der Waals surface area (Å²) in [7, 11) is -3.54. The molecule has 2 aliphatic rings. The van der Waals surface area contributed by atoms with Crippen molar-refractivity contribution in [1.82, 2.24) is 20.1 Å². The first-order valence-electron chi connectivity index (χ1n) is 10.5. The normalized spacial score (nSPS) is 22.7. The number of sulfonamides is 1. The molecule has 3 rings (SSSR count). The van der Waals surface area contributed by atoms with Crippen LogP contribution in [0.25, 0.3) is 0 Å². The lowest BCUT2D eigenvalue weighted by atomic mass is 10.00. The lowest BCUT2D eigenvalue weighted by molar-refractivity contribution is -0.138. The third-order valence-corrected chi connectivity index (χ3v) is 7.63. The fraction of sp³-hybridized carbons (Fsp3) is 0.550. The summed E-state index contributed by atoms with van der Waals surface area (Å²) in [6.45, 7) is 4.23. The highest BCUT2D eigenvalue weighted by molar-refractivity contribution is 7.89. The van der Waals surface area contributed by atoms with Crippen molar-refractivity contribution in [1.29, 1.82) is 0 Å². The summed E-state index contributed by atoms with van der Waals surface area (Å²) >= 11 is 0. The second kappa shape index (κ2) is 9.23. The van der Waals surface area contributed by atoms with E-state index in [1.807, 2.05) is 0 Å². The maximum atomic E-state index is 12.8. The van der Waals surface area contributed by atoms with Crippen molar-refractivity contribution in [3.05, 3.63) is 24.3 Å². The molecule has 10 nitrogen and oxygen atoms in total. The molecule has 0 radical (unpaired) electrons. The van der Waals surface area contributed by atoms with Gasteiger partial charge in [-0.15, -0.1) is 0 Å². The van der Waals surface area contributed by atoms with E-state index in [1.165, 1.54) is 16.4 Å². The van der Waals surface area contributed by atoms with Crippen LogP contribution in [-0.2, 0) is 19.6 Å². The van der Waals surface area contributed by atoms with Crippen molar-refractivity contribution >= 4 is 33.6 Å². The smallest absolute Gasteiger partial charge is 0.344 e. The Morgan fingerprint density at radius 3 is 2.26 bits per heavy atom. The fourth-order valence-electron chi connectivity index (χ4n) is 3.55. The Morgan fingerprint density at radius 1 is 1.10 bits per heavy atom. The van der Waals surface area contributed by atoms with Crippen LogP contribution < -0.4 is 16.1 Å². The number of hydrogen-bond acceptors (Lipinski definition) is 6. The Hall–Kier alpha value is -2.66. The molecule has 2 heterocycles. The summed E-state index contributed by atoms with van der Waals surface area (Å²) in [6, 6.07) is 5.50. The number of amides is 4. The first kappa shape index (κ1) is 23.0. The Kier molecular flexibility index (Phi) is 6.85. The van der Waals surface area contributed by atoms with Gasteiger partial charge in [0.2, 0.25) is 10.0 Å². The lowest BCUT2D eigenvalue weighted by Crippen LogP contribution is -2.50. The Balaban J connectivity index is 1.56. The standard InChI is InChI=1S/C20H29N5O5S/c1-3-20(2)18(27)25(19(28)22-20)23-17(26)14-21-15-8-10-16(11-9-15)31(29,30)24-12-6-4-5-7-13-24/h8-11,21H,3-7,12-14H2,1-2H3,(H,22,28)(H,23,26). The van der Waals surface area contributed by atoms with Crippen LogP contribution in [0.1, 0.15) is 46.0 Å². The highest BCUT2D eigenvalue weighted by Crippen LogP contribution is 2.22. The van der Waals surface area contributed by atoms with E-state index in [0.29, 0.717) is 30.2 Å². The third kappa shape index (κ3) is 4.99. The van der Waals surface area contributed by atoms with Gasteiger partial charge in [0.15, 0.2) is 0 Å². The van der Waals surface area contributed by atoms with Crippen LogP contribution in [0.15, 0.2) is 29.2 Å². The summed E-state index contributed by atoms with van der Waals surface area (Å²) in [4.78, 5) is 36.6. The van der Waals surface area contributed by atoms with Crippen molar-refractivity contribution in [3.8, 4) is 0 Å². The maximum absolute atomic E-state index is 12.8. The highest BCUT2D eigenvalue weighted by Gasteiger charge is 2.47. The van der Waals surface area contributed by atoms with Crippen LogP contribution in [0, 0.1) is 0 Å². The van der Waals surface area contributed by atoms with Crippen molar-refractivity contribution in [2.75, 3.05) is 25.0 Å². The molecule has 2 aliphatic heterocycles. The number of benzene rings is 1. The summed E-state index contributed by atoms with van der Waals surface area (Å²) in [5.74, 6) is -1.10. The summed E-state index contributed by atoms with van der Waals surface area (Å²) in [5.41, 5.74) is 1.80. The van der Waals surface area contributed by atoms with Crippen molar-refractivity contribution in [3.63, 3.8) is 0 Å². The minimum absolute atomic E-state index is 0.196. The molecule has 0 bridgehead atoms. The summed E-state index contributed by atoms with van der Waals surface area (Å²) < 4.78 is 27.2. The molecule has 0 aromatic heterocycles. The van der Waals surface area contributed by atoms with E-state index in [0.717, 1.165) is 25.7 Å². The van der Waals surface area contributed by atoms with Gasteiger partial charge in [-0.1, -0.05) is 19.8 Å². The van der Waals surface area contributed by atoms with Crippen LogP contribution in [-0.4, -0.2) is 60.8 Å². The molecule has 0 aliphatic carbocycles. The quantitative estimate of drug-likeness (QED) is 0.538. The highest BCUT2D eigenvalue weighted by atomic mass is 32.2. The Bertz CT molecular complexity index is 941. The number of hydrogen-bond donors (Lipinski definition) is 3. The van der Waals surface area contributed by atoms with E-state index in [2.05, 4.69) is 16.1 Å². The number of nitrogens with zero attached hydrogens (tertiary/aromatic N) is 2. The summed E-state index contributed by atoms with van der Waals surface area (Å²) in [6.07, 6.45) is 4.21. The molecule has 1 unspecified atom stereocenters. The molecule has 1 atom stereocenters. The number of rotatable bonds is 7. The molecule has 11 heteroatoms. The van der Waals surface area contributed by atoms with Crippen LogP contribution in [0.4, 0.5) is 10.5 Å². The number of imide groups is 1. The molecular formula is C20H29N5O5S. The van der Waals surface area contributed by atoms with Gasteiger partial charge in [-0.3, -0.25) is 15.0 Å². The average molecular weight is 452 g/mol. The van der Waals surface area contributed by atoms with Crippen LogP contribution >= 0.6 is 0 Å². The van der Waals surface area contributed by atoms with E-state index in [-0.39, 0.29) is 11.4 Å². The zero-order valence-electron chi connectivity index (χ0n) is 17.8. The molecule has 0 saturated carbocycles. The second-order valence-corrected chi connectivity index (χ2v) is 9.93. The van der Waals surface area contributed by atoms with Crippen molar-refractivity contribution in [2.45, 2.75) is 56.4 Å². The number of carbonyl (C=O) groups excluding carboxylic acids is 3. The predicted octanol–water partition coefficient (Wildman–Crippen LogP) is 1.41. The van der Waals surface area contributed by atoms with Gasteiger partial charge in [-0.2, -0.15) is 9.31 Å². The number of hydrazine groups is 1. The lowest BCUT2D eigenvalue weighted by Gasteiger charge is -2.20. The molecule has 2 fully saturated rings. The van der Waals surface area contributed by atoms with E-state index in [1.54, 1.807) is 26.0 Å². The van der Waals surface area contributed by atoms with Gasteiger partial charge in [-0.25, -0.2) is 13.2 Å². The SMILES string of the molecule is CCC1(C)NC(=O)N(NC(=O)CNc2ccc(S(=O)(=O)N3CCCCCC3)cc2)C1=O. The fourth-order valence-corrected chi connectivity index (χ4v) is 5.07. The van der Waals surface area contributed by atoms with E-state index in [4.69, 9.17) is 0 Å². The summed E-state index contributed by atoms with van der Waals surface area (Å²) in [5, 5.41) is 6.10. The Morgan fingerprint density at radius 2 is 1.71 bits per heavy atom. The molecule has 1 aromatic carbocycles. The molecule has 31 heavy (non-hydrogen) atoms. The van der Waals surface area contributed by atoms with E-state index >= 15 is 0 Å². The monoisotopic (exact) mass is 451 g/mol. The van der Waals surface area contributed by atoms with Crippen LogP contribution in [0.5, 0.6) is 0 Å². The van der Waals surface area contributed by atoms with Gasteiger partial charge >= 0.3 is 6.03 Å². The number of carbonyl (C=O) groups is 3. The van der Waals surface area contributed by atoms with Crippen molar-refractivity contribution in [2.24, 2.45) is 0 Å². The molecule has 170 valence electrons. The zero-order valence-corrected chi connectivity index (χ0v) is 18.6. The molecule has 0 spiro atoms. The molecule has 1 aromatic rings. The topological polar surface area (TPSA) is 128 Å². The number of anilines is 1. The minimum atomic E-state index is -3.54. The Labute approximate surface area is 182 Å².